The Labute approximate surface area is 150 Å². The monoisotopic (exact) mass is 345 g/mol. The van der Waals surface area contributed by atoms with E-state index in [9.17, 15) is 0 Å². The van der Waals surface area contributed by atoms with Crippen LogP contribution in [0.5, 0.6) is 0 Å². The standard InChI is InChI=1S/C20H27NS2/c1-7-9-18-10-12-19(13-11-18)23-21-17(6)14-16(5)20(8-2)22-15(3)4/h8,10-14,21H,3,6-7,9H2,1-2,4-5H3/b16-14-,20-8+. The number of benzene rings is 1. The van der Waals surface area contributed by atoms with Gasteiger partial charge in [0.25, 0.3) is 0 Å². The van der Waals surface area contributed by atoms with Crippen LogP contribution in [0.15, 0.2) is 75.6 Å². The SMILES string of the molecule is C=C(/C=C(C)\C(=C/C)SC(=C)C)NSc1ccc(CCC)cc1. The average Bonchev–Trinajstić information content (AvgIpc) is 2.52. The Morgan fingerprint density at radius 2 is 1.83 bits per heavy atom. The Bertz CT molecular complexity index is 595. The van der Waals surface area contributed by atoms with Crippen molar-refractivity contribution in [3.05, 3.63) is 76.2 Å². The van der Waals surface area contributed by atoms with Crippen LogP contribution in [-0.4, -0.2) is 0 Å². The highest BCUT2D eigenvalue weighted by atomic mass is 32.2. The fourth-order valence-corrected chi connectivity index (χ4v) is 3.35. The van der Waals surface area contributed by atoms with Gasteiger partial charge in [0.15, 0.2) is 0 Å². The summed E-state index contributed by atoms with van der Waals surface area (Å²) < 4.78 is 3.30. The van der Waals surface area contributed by atoms with Gasteiger partial charge < -0.3 is 4.72 Å². The van der Waals surface area contributed by atoms with Crippen LogP contribution in [0.3, 0.4) is 0 Å². The Morgan fingerprint density at radius 3 is 2.35 bits per heavy atom. The lowest BCUT2D eigenvalue weighted by atomic mass is 10.1. The van der Waals surface area contributed by atoms with E-state index in [-0.39, 0.29) is 0 Å². The molecule has 0 heterocycles. The van der Waals surface area contributed by atoms with Crippen LogP contribution in [0.4, 0.5) is 0 Å². The Balaban J connectivity index is 2.58. The van der Waals surface area contributed by atoms with Crippen LogP contribution in [0, 0.1) is 0 Å². The molecule has 1 aromatic rings. The molecular weight excluding hydrogens is 318 g/mol. The van der Waals surface area contributed by atoms with Crippen molar-refractivity contribution in [2.75, 3.05) is 0 Å². The summed E-state index contributed by atoms with van der Waals surface area (Å²) in [5.41, 5.74) is 3.48. The summed E-state index contributed by atoms with van der Waals surface area (Å²) in [7, 11) is 0. The molecule has 0 unspecified atom stereocenters. The zero-order valence-corrected chi connectivity index (χ0v) is 16.2. The van der Waals surface area contributed by atoms with Gasteiger partial charge in [0.2, 0.25) is 0 Å². The first-order valence-corrected chi connectivity index (χ1v) is 9.48. The van der Waals surface area contributed by atoms with Gasteiger partial charge in [-0.2, -0.15) is 0 Å². The minimum atomic E-state index is 0.895. The third-order valence-electron chi connectivity index (χ3n) is 3.09. The molecular formula is C20H27NS2. The highest BCUT2D eigenvalue weighted by molar-refractivity contribution is 8.06. The average molecular weight is 346 g/mol. The fraction of sp³-hybridized carbons (Fsp3) is 0.300. The first kappa shape index (κ1) is 19.7. The van der Waals surface area contributed by atoms with Gasteiger partial charge in [0, 0.05) is 15.5 Å². The number of thioether (sulfide) groups is 1. The molecule has 0 atom stereocenters. The van der Waals surface area contributed by atoms with E-state index >= 15 is 0 Å². The smallest absolute Gasteiger partial charge is 0.0374 e. The van der Waals surface area contributed by atoms with E-state index in [1.54, 1.807) is 23.7 Å². The fourth-order valence-electron chi connectivity index (χ4n) is 2.05. The van der Waals surface area contributed by atoms with Crippen molar-refractivity contribution >= 4 is 23.7 Å². The number of allylic oxidation sites excluding steroid dienone is 4. The third-order valence-corrected chi connectivity index (χ3v) is 5.09. The van der Waals surface area contributed by atoms with Gasteiger partial charge in [0.05, 0.1) is 0 Å². The normalized spacial score (nSPS) is 12.2. The van der Waals surface area contributed by atoms with Crippen molar-refractivity contribution in [3.63, 3.8) is 0 Å². The highest BCUT2D eigenvalue weighted by Crippen LogP contribution is 2.30. The lowest BCUT2D eigenvalue weighted by Gasteiger charge is -2.10. The lowest BCUT2D eigenvalue weighted by Crippen LogP contribution is -2.00. The molecule has 23 heavy (non-hydrogen) atoms. The van der Waals surface area contributed by atoms with Crippen LogP contribution in [0.1, 0.15) is 39.7 Å². The van der Waals surface area contributed by atoms with Crippen LogP contribution >= 0.6 is 23.7 Å². The van der Waals surface area contributed by atoms with Gasteiger partial charge in [0.1, 0.15) is 0 Å². The topological polar surface area (TPSA) is 12.0 Å². The van der Waals surface area contributed by atoms with Crippen molar-refractivity contribution in [2.45, 2.75) is 45.4 Å². The minimum Gasteiger partial charge on any atom is -0.326 e. The highest BCUT2D eigenvalue weighted by Gasteiger charge is 2.02. The van der Waals surface area contributed by atoms with Crippen LogP contribution in [0.2, 0.25) is 0 Å². The van der Waals surface area contributed by atoms with Gasteiger partial charge in [-0.05, 0) is 73.4 Å². The molecule has 0 spiro atoms. The second-order valence-electron chi connectivity index (χ2n) is 5.41. The van der Waals surface area contributed by atoms with Crippen molar-refractivity contribution in [1.29, 1.82) is 0 Å². The number of hydrogen-bond donors (Lipinski definition) is 1. The van der Waals surface area contributed by atoms with Gasteiger partial charge in [-0.1, -0.05) is 56.5 Å². The van der Waals surface area contributed by atoms with Crippen molar-refractivity contribution < 1.29 is 0 Å². The maximum atomic E-state index is 4.09. The number of nitrogens with one attached hydrogen (secondary N) is 1. The maximum Gasteiger partial charge on any atom is 0.0374 e. The predicted octanol–water partition coefficient (Wildman–Crippen LogP) is 6.87. The predicted molar refractivity (Wildman–Crippen MR) is 108 cm³/mol. The van der Waals surface area contributed by atoms with Crippen LogP contribution < -0.4 is 4.72 Å². The van der Waals surface area contributed by atoms with Crippen molar-refractivity contribution in [3.8, 4) is 0 Å². The Hall–Kier alpha value is -1.32. The molecule has 0 saturated heterocycles. The van der Waals surface area contributed by atoms with E-state index < -0.39 is 0 Å². The summed E-state index contributed by atoms with van der Waals surface area (Å²) in [5.74, 6) is 0. The van der Waals surface area contributed by atoms with E-state index in [1.807, 2.05) is 13.8 Å². The molecule has 0 aliphatic carbocycles. The Kier molecular flexibility index (Phi) is 8.97. The summed E-state index contributed by atoms with van der Waals surface area (Å²) in [5, 5.41) is 0. The van der Waals surface area contributed by atoms with Crippen molar-refractivity contribution in [1.82, 2.24) is 4.72 Å². The van der Waals surface area contributed by atoms with E-state index in [2.05, 4.69) is 68.1 Å². The molecule has 1 aromatic carbocycles. The second kappa shape index (κ2) is 10.5. The summed E-state index contributed by atoms with van der Waals surface area (Å²) in [6, 6.07) is 8.69. The van der Waals surface area contributed by atoms with Crippen molar-refractivity contribution in [2.24, 2.45) is 0 Å². The molecule has 0 radical (unpaired) electrons. The number of hydrogen-bond acceptors (Lipinski definition) is 3. The van der Waals surface area contributed by atoms with Gasteiger partial charge in [-0.25, -0.2) is 0 Å². The molecule has 0 amide bonds. The molecule has 0 aromatic heterocycles. The number of aryl methyl sites for hydroxylation is 1. The first-order chi connectivity index (χ1) is 11.0. The molecule has 0 saturated carbocycles. The largest absolute Gasteiger partial charge is 0.326 e. The quantitative estimate of drug-likeness (QED) is 0.387. The van der Waals surface area contributed by atoms with E-state index in [0.29, 0.717) is 0 Å². The van der Waals surface area contributed by atoms with Crippen LogP contribution in [0.25, 0.3) is 0 Å². The molecule has 0 bridgehead atoms. The molecule has 0 aliphatic heterocycles. The maximum absolute atomic E-state index is 4.09. The molecule has 1 rings (SSSR count). The lowest BCUT2D eigenvalue weighted by molar-refractivity contribution is 0.920. The summed E-state index contributed by atoms with van der Waals surface area (Å²) >= 11 is 3.29. The summed E-state index contributed by atoms with van der Waals surface area (Å²) in [6.07, 6.45) is 6.50. The van der Waals surface area contributed by atoms with E-state index in [1.165, 1.54) is 27.4 Å². The summed E-state index contributed by atoms with van der Waals surface area (Å²) in [6.45, 7) is 16.4. The molecule has 1 nitrogen and oxygen atoms in total. The third kappa shape index (κ3) is 7.67. The second-order valence-corrected chi connectivity index (χ2v) is 7.63. The number of rotatable bonds is 9. The molecule has 0 fully saturated rings. The minimum absolute atomic E-state index is 0.895. The Morgan fingerprint density at radius 1 is 1.17 bits per heavy atom. The first-order valence-electron chi connectivity index (χ1n) is 7.85. The van der Waals surface area contributed by atoms with Gasteiger partial charge in [-0.15, -0.1) is 0 Å². The van der Waals surface area contributed by atoms with Gasteiger partial charge >= 0.3 is 0 Å². The van der Waals surface area contributed by atoms with E-state index in [0.717, 1.165) is 17.0 Å². The molecule has 1 N–H and O–H groups in total. The zero-order chi connectivity index (χ0) is 17.2. The van der Waals surface area contributed by atoms with Gasteiger partial charge in [-0.3, -0.25) is 0 Å². The summed E-state index contributed by atoms with van der Waals surface area (Å²) in [4.78, 5) is 3.50. The van der Waals surface area contributed by atoms with Crippen LogP contribution in [-0.2, 0) is 6.42 Å². The molecule has 0 aliphatic rings. The van der Waals surface area contributed by atoms with E-state index in [4.69, 9.17) is 0 Å². The molecule has 124 valence electrons. The zero-order valence-electron chi connectivity index (χ0n) is 14.6. The molecule has 3 heteroatoms.